The van der Waals surface area contributed by atoms with Gasteiger partial charge in [-0.25, -0.2) is 9.97 Å². The van der Waals surface area contributed by atoms with Crippen LogP contribution in [0.3, 0.4) is 0 Å². The molecule has 5 aromatic rings. The van der Waals surface area contributed by atoms with Crippen molar-refractivity contribution in [3.05, 3.63) is 83.3 Å². The Hall–Kier alpha value is -5.47. The van der Waals surface area contributed by atoms with Crippen molar-refractivity contribution in [2.24, 2.45) is 5.41 Å². The zero-order valence-electron chi connectivity index (χ0n) is 43.2. The number of amides is 3. The van der Waals surface area contributed by atoms with E-state index in [4.69, 9.17) is 0 Å². The maximum absolute atomic E-state index is 14.1. The van der Waals surface area contributed by atoms with E-state index in [1.807, 2.05) is 57.5 Å². The Balaban J connectivity index is 0.745. The summed E-state index contributed by atoms with van der Waals surface area (Å²) >= 11 is 1.58. The van der Waals surface area contributed by atoms with Crippen LogP contribution >= 0.6 is 11.3 Å². The molecule has 0 radical (unpaired) electrons. The minimum atomic E-state index is -4.27. The molecule has 19 heteroatoms. The number of anilines is 1. The molecule has 2 aromatic carbocycles. The molecule has 5 heterocycles. The molecule has 3 atom stereocenters. The van der Waals surface area contributed by atoms with Gasteiger partial charge in [-0.15, -0.1) is 11.3 Å². The van der Waals surface area contributed by atoms with Gasteiger partial charge in [-0.05, 0) is 79.7 Å². The van der Waals surface area contributed by atoms with E-state index in [0.29, 0.717) is 31.3 Å². The van der Waals surface area contributed by atoms with E-state index in [-0.39, 0.29) is 61.9 Å². The van der Waals surface area contributed by atoms with Gasteiger partial charge in [-0.2, -0.15) is 18.2 Å². The molecule has 74 heavy (non-hydrogen) atoms. The second-order valence-electron chi connectivity index (χ2n) is 21.6. The summed E-state index contributed by atoms with van der Waals surface area (Å²) in [5.41, 5.74) is 7.99. The molecule has 2 aliphatic heterocycles. The molecule has 400 valence electrons. The molecule has 15 nitrogen and oxygen atoms in total. The Morgan fingerprint density at radius 3 is 2.19 bits per heavy atom. The minimum Gasteiger partial charge on any atom is -0.393 e. The van der Waals surface area contributed by atoms with Crippen molar-refractivity contribution in [1.82, 2.24) is 44.9 Å². The fraction of sp³-hybridized carbons (Fsp3) is 0.564. The third kappa shape index (κ3) is 14.5. The number of aromatic nitrogens is 4. The number of nitrogens with one attached hydrogen (secondary N) is 3. The summed E-state index contributed by atoms with van der Waals surface area (Å²) < 4.78 is 40.6. The van der Waals surface area contributed by atoms with Gasteiger partial charge in [-0.3, -0.25) is 19.3 Å². The van der Waals surface area contributed by atoms with Gasteiger partial charge in [0.25, 0.3) is 0 Å². The number of β-amino-alcohol motifs (C(OH)–C–C–N with tert-alkyl or cyclic N) is 1. The number of hydrogen-bond acceptors (Lipinski definition) is 12. The number of aryl methyl sites for hydroxylation is 1. The highest BCUT2D eigenvalue weighted by molar-refractivity contribution is 7.13. The number of carbonyl (C=O) groups excluding carboxylic acids is 3. The average Bonchev–Trinajstić information content (AvgIpc) is 4.10. The SMILES string of the molecule is Cc1ncsc1-c1ccc(CNC(=O)[C@@H]2C[C@@H](O)CN2C(=O)[C@@H](NC(=O)CCCCCCN2CCN(Cc3ccc(-c4cn(C5CCC(O)CC5)c5nc(NCCC(F)(F)F)ncc45)cc3)CC2)C(C)(C)C)cc1. The number of thiazole rings is 1. The van der Waals surface area contributed by atoms with Crippen LogP contribution in [0.5, 0.6) is 0 Å². The second-order valence-corrected chi connectivity index (χ2v) is 22.4. The highest BCUT2D eigenvalue weighted by Crippen LogP contribution is 2.37. The Kier molecular flexibility index (Phi) is 18.1. The third-order valence-corrected chi connectivity index (χ3v) is 15.8. The molecule has 1 aliphatic carbocycles. The van der Waals surface area contributed by atoms with Crippen LogP contribution < -0.4 is 16.0 Å². The number of nitrogens with zero attached hydrogens (tertiary/aromatic N) is 7. The molecule has 3 aromatic heterocycles. The Labute approximate surface area is 436 Å². The molecule has 3 aliphatic rings. The molecule has 0 unspecified atom stereocenters. The van der Waals surface area contributed by atoms with Crippen LogP contribution in [-0.2, 0) is 27.5 Å². The summed E-state index contributed by atoms with van der Waals surface area (Å²) in [6.07, 6.45) is 4.36. The molecular weight excluding hydrogens is 970 g/mol. The lowest BCUT2D eigenvalue weighted by molar-refractivity contribution is -0.144. The number of piperazine rings is 1. The maximum atomic E-state index is 14.1. The zero-order chi connectivity index (χ0) is 52.6. The number of hydrogen-bond donors (Lipinski definition) is 5. The van der Waals surface area contributed by atoms with Crippen molar-refractivity contribution in [3.8, 4) is 21.6 Å². The number of aliphatic hydroxyl groups is 2. The molecule has 0 spiro atoms. The van der Waals surface area contributed by atoms with E-state index in [2.05, 4.69) is 75.7 Å². The first-order valence-corrected chi connectivity index (χ1v) is 27.2. The molecule has 0 bridgehead atoms. The van der Waals surface area contributed by atoms with Crippen LogP contribution in [-0.4, -0.2) is 138 Å². The molecular formula is C55H73F3N10O5S. The van der Waals surface area contributed by atoms with E-state index < -0.39 is 36.2 Å². The van der Waals surface area contributed by atoms with Crippen molar-refractivity contribution in [1.29, 1.82) is 0 Å². The van der Waals surface area contributed by atoms with Gasteiger partial charge in [0.1, 0.15) is 17.7 Å². The van der Waals surface area contributed by atoms with Gasteiger partial charge in [0.15, 0.2) is 0 Å². The van der Waals surface area contributed by atoms with Gasteiger partial charge in [0.05, 0.1) is 34.7 Å². The van der Waals surface area contributed by atoms with Gasteiger partial charge in [-0.1, -0.05) is 82.1 Å². The van der Waals surface area contributed by atoms with Crippen molar-refractivity contribution in [2.75, 3.05) is 51.1 Å². The topological polar surface area (TPSA) is 181 Å². The van der Waals surface area contributed by atoms with Crippen LogP contribution in [0.1, 0.15) is 114 Å². The second kappa shape index (κ2) is 24.5. The Bertz CT molecular complexity index is 2660. The predicted octanol–water partition coefficient (Wildman–Crippen LogP) is 8.25. The predicted molar refractivity (Wildman–Crippen MR) is 282 cm³/mol. The van der Waals surface area contributed by atoms with E-state index in [1.165, 1.54) is 10.5 Å². The lowest BCUT2D eigenvalue weighted by atomic mass is 9.85. The summed E-state index contributed by atoms with van der Waals surface area (Å²) in [6.45, 7) is 13.4. The van der Waals surface area contributed by atoms with Crippen LogP contribution in [0.15, 0.2) is 66.4 Å². The molecule has 2 saturated heterocycles. The van der Waals surface area contributed by atoms with E-state index in [9.17, 15) is 37.8 Å². The normalized spacial score (nSPS) is 20.5. The third-order valence-electron chi connectivity index (χ3n) is 14.8. The van der Waals surface area contributed by atoms with E-state index in [0.717, 1.165) is 110 Å². The Morgan fingerprint density at radius 1 is 0.838 bits per heavy atom. The number of fused-ring (bicyclic) bond motifs is 1. The van der Waals surface area contributed by atoms with Crippen LogP contribution in [0.4, 0.5) is 19.1 Å². The zero-order valence-corrected chi connectivity index (χ0v) is 44.0. The highest BCUT2D eigenvalue weighted by atomic mass is 32.1. The van der Waals surface area contributed by atoms with Crippen LogP contribution in [0.2, 0.25) is 0 Å². The monoisotopic (exact) mass is 1040 g/mol. The largest absolute Gasteiger partial charge is 0.393 e. The molecule has 8 rings (SSSR count). The summed E-state index contributed by atoms with van der Waals surface area (Å²) in [5.74, 6) is -0.737. The molecule has 1 saturated carbocycles. The van der Waals surface area contributed by atoms with Crippen molar-refractivity contribution in [2.45, 2.75) is 148 Å². The van der Waals surface area contributed by atoms with E-state index >= 15 is 0 Å². The fourth-order valence-corrected chi connectivity index (χ4v) is 11.3. The van der Waals surface area contributed by atoms with Crippen molar-refractivity contribution >= 4 is 46.0 Å². The number of alkyl halides is 3. The van der Waals surface area contributed by atoms with Crippen molar-refractivity contribution in [3.63, 3.8) is 0 Å². The number of likely N-dealkylation sites (tertiary alicyclic amines) is 1. The number of rotatable bonds is 20. The summed E-state index contributed by atoms with van der Waals surface area (Å²) in [5, 5.41) is 30.3. The standard InChI is InChI=1S/C55H73F3N10O5S/c1-36-48(74-35-62-36)40-16-10-37(11-17-40)30-60-51(72)46-29-43(70)33-68(46)52(73)49(54(2,3)4)63-47(71)9-7-5-6-8-24-65-25-27-66(28-26-65)32-38-12-14-39(15-13-38)45-34-67(41-18-20-42(69)21-19-41)50-44(45)31-61-53(64-50)59-23-22-55(56,57)58/h10-17,31,34-35,41-43,46,49,69-70H,5-9,18-30,32-33H2,1-4H3,(H,60,72)(H,63,71)(H,59,61,64)/t41?,42?,43-,46+,49-/m1/s1. The first-order chi connectivity index (χ1) is 35.4. The van der Waals surface area contributed by atoms with Crippen LogP contribution in [0, 0.1) is 12.3 Å². The average molecular weight is 1040 g/mol. The number of carbonyl (C=O) groups is 3. The highest BCUT2D eigenvalue weighted by Gasteiger charge is 2.44. The lowest BCUT2D eigenvalue weighted by Crippen LogP contribution is -2.57. The summed E-state index contributed by atoms with van der Waals surface area (Å²) in [4.78, 5) is 61.8. The summed E-state index contributed by atoms with van der Waals surface area (Å²) in [7, 11) is 0. The van der Waals surface area contributed by atoms with Gasteiger partial charge >= 0.3 is 6.18 Å². The quantitative estimate of drug-likeness (QED) is 0.0474. The Morgan fingerprint density at radius 2 is 1.51 bits per heavy atom. The minimum absolute atomic E-state index is 0.0257. The summed E-state index contributed by atoms with van der Waals surface area (Å²) in [6, 6.07) is 14.9. The van der Waals surface area contributed by atoms with Gasteiger partial charge in [0, 0.05) is 94.6 Å². The molecule has 5 N–H and O–H groups in total. The number of benzene rings is 2. The lowest BCUT2D eigenvalue weighted by Gasteiger charge is -2.35. The maximum Gasteiger partial charge on any atom is 0.390 e. The molecule has 3 fully saturated rings. The van der Waals surface area contributed by atoms with Crippen molar-refractivity contribution < 1.29 is 37.8 Å². The number of aliphatic hydroxyl groups excluding tert-OH is 2. The number of unbranched alkanes of at least 4 members (excludes halogenated alkanes) is 3. The first kappa shape index (κ1) is 54.8. The van der Waals surface area contributed by atoms with E-state index in [1.54, 1.807) is 17.5 Å². The van der Waals surface area contributed by atoms with Crippen LogP contribution in [0.25, 0.3) is 32.6 Å². The number of halogens is 3. The fourth-order valence-electron chi connectivity index (χ4n) is 10.5. The van der Waals surface area contributed by atoms with Gasteiger partial charge < -0.3 is 40.5 Å². The molecule has 3 amide bonds. The smallest absolute Gasteiger partial charge is 0.390 e. The van der Waals surface area contributed by atoms with Gasteiger partial charge in [0.2, 0.25) is 23.7 Å². The first-order valence-electron chi connectivity index (χ1n) is 26.3.